The van der Waals surface area contributed by atoms with Crippen LogP contribution in [0.2, 0.25) is 0 Å². The predicted molar refractivity (Wildman–Crippen MR) is 177 cm³/mol. The van der Waals surface area contributed by atoms with Gasteiger partial charge in [-0.1, -0.05) is 153 Å². The van der Waals surface area contributed by atoms with Gasteiger partial charge >= 0.3 is 0 Å². The van der Waals surface area contributed by atoms with Crippen molar-refractivity contribution >= 4 is 29.2 Å². The van der Waals surface area contributed by atoms with Gasteiger partial charge in [0.2, 0.25) is 0 Å². The molecule has 2 aliphatic heterocycles. The van der Waals surface area contributed by atoms with E-state index in [1.165, 1.54) is 114 Å². The van der Waals surface area contributed by atoms with Gasteiger partial charge in [0.15, 0.2) is 0 Å². The number of non-ortho nitro benzene ring substituents is 1. The molecule has 0 amide bonds. The average molecular weight is 577 g/mol. The Hall–Kier alpha value is -2.27. The summed E-state index contributed by atoms with van der Waals surface area (Å²) in [5.41, 5.74) is 3.73. The Balaban J connectivity index is 1.22. The van der Waals surface area contributed by atoms with Gasteiger partial charge in [-0.15, -0.1) is 0 Å². The predicted octanol–water partition coefficient (Wildman–Crippen LogP) is 11.5. The number of anilines is 1. The number of hydrogen-bond acceptors (Lipinski definition) is 4. The minimum atomic E-state index is -0.303. The zero-order valence-electron chi connectivity index (χ0n) is 25.8. The van der Waals surface area contributed by atoms with E-state index in [0.29, 0.717) is 0 Å². The van der Waals surface area contributed by atoms with Gasteiger partial charge in [0.25, 0.3) is 5.69 Å². The number of para-hydroxylation sites is 1. The van der Waals surface area contributed by atoms with Gasteiger partial charge in [0, 0.05) is 34.7 Å². The summed E-state index contributed by atoms with van der Waals surface area (Å²) in [5.74, 6) is 0. The number of unbranched alkanes of at least 4 members (excludes halogenated alkanes) is 15. The summed E-state index contributed by atoms with van der Waals surface area (Å²) in [4.78, 5) is 14.5. The molecule has 1 atom stereocenters. The lowest BCUT2D eigenvalue weighted by Crippen LogP contribution is -2.52. The van der Waals surface area contributed by atoms with Crippen LogP contribution in [0.25, 0.3) is 6.08 Å². The minimum Gasteiger partial charge on any atom is -0.352 e. The summed E-state index contributed by atoms with van der Waals surface area (Å²) in [6.07, 6.45) is 26.5. The maximum absolute atomic E-state index is 11.3. The molecule has 2 heterocycles. The van der Waals surface area contributed by atoms with E-state index >= 15 is 0 Å². The van der Waals surface area contributed by atoms with Gasteiger partial charge in [-0.05, 0) is 35.8 Å². The Labute approximate surface area is 253 Å². The van der Waals surface area contributed by atoms with Crippen LogP contribution in [0.4, 0.5) is 11.4 Å². The molecule has 224 valence electrons. The van der Waals surface area contributed by atoms with Crippen LogP contribution in [0.3, 0.4) is 0 Å². The van der Waals surface area contributed by atoms with Crippen molar-refractivity contribution in [1.29, 1.82) is 0 Å². The molecule has 1 spiro atoms. The van der Waals surface area contributed by atoms with Crippen LogP contribution in [-0.4, -0.2) is 16.3 Å². The molecule has 5 heteroatoms. The van der Waals surface area contributed by atoms with Crippen molar-refractivity contribution in [3.05, 3.63) is 69.8 Å². The highest BCUT2D eigenvalue weighted by atomic mass is 32.2. The Bertz CT molecular complexity index is 1160. The molecule has 0 radical (unpaired) electrons. The number of fused-ring (bicyclic) bond motifs is 2. The number of thioether (sulfide) groups is 1. The molecule has 2 aromatic rings. The molecule has 4 nitrogen and oxygen atoms in total. The third kappa shape index (κ3) is 7.58. The van der Waals surface area contributed by atoms with Crippen LogP contribution >= 0.6 is 11.8 Å². The fourth-order valence-electron chi connectivity index (χ4n) is 6.81. The van der Waals surface area contributed by atoms with E-state index in [9.17, 15) is 10.1 Å². The maximum Gasteiger partial charge on any atom is 0.270 e. The summed E-state index contributed by atoms with van der Waals surface area (Å²) >= 11 is 1.86. The zero-order chi connectivity index (χ0) is 29.1. The fraction of sp³-hybridized carbons (Fsp3) is 0.611. The number of nitrogens with zero attached hydrogens (tertiary/aromatic N) is 2. The minimum absolute atomic E-state index is 0.0979. The monoisotopic (exact) mass is 576 g/mol. The number of nitro benzene ring substituents is 1. The van der Waals surface area contributed by atoms with Crippen LogP contribution in [0, 0.1) is 10.1 Å². The topological polar surface area (TPSA) is 46.4 Å². The fourth-order valence-corrected chi connectivity index (χ4v) is 8.33. The van der Waals surface area contributed by atoms with Gasteiger partial charge < -0.3 is 4.90 Å². The molecular formula is C36H52N2O2S. The van der Waals surface area contributed by atoms with Crippen molar-refractivity contribution in [3.63, 3.8) is 0 Å². The van der Waals surface area contributed by atoms with E-state index in [0.717, 1.165) is 17.0 Å². The molecule has 41 heavy (non-hydrogen) atoms. The molecule has 0 aliphatic carbocycles. The number of rotatable bonds is 18. The molecule has 0 bridgehead atoms. The maximum atomic E-state index is 11.3. The molecule has 0 N–H and O–H groups in total. The SMILES string of the molecule is CCCCCCCCCCCCCCCCCCN1c2ccccc2C(C)(C)C12C=Cc1cc([N+](=O)[O-])ccc1S2. The molecule has 0 saturated heterocycles. The van der Waals surface area contributed by atoms with E-state index < -0.39 is 0 Å². The van der Waals surface area contributed by atoms with E-state index in [-0.39, 0.29) is 20.9 Å². The number of nitro groups is 1. The summed E-state index contributed by atoms with van der Waals surface area (Å²) in [6, 6.07) is 14.2. The van der Waals surface area contributed by atoms with Crippen molar-refractivity contribution in [2.45, 2.75) is 139 Å². The van der Waals surface area contributed by atoms with Gasteiger partial charge in [0.05, 0.1) is 4.92 Å². The van der Waals surface area contributed by atoms with Crippen molar-refractivity contribution in [1.82, 2.24) is 0 Å². The van der Waals surface area contributed by atoms with Crippen LogP contribution in [0.1, 0.15) is 135 Å². The molecule has 2 aliphatic rings. The molecule has 2 aromatic carbocycles. The average Bonchev–Trinajstić information content (AvgIpc) is 3.15. The first kappa shape index (κ1) is 31.7. The Kier molecular flexibility index (Phi) is 11.8. The third-order valence-electron chi connectivity index (χ3n) is 9.36. The lowest BCUT2D eigenvalue weighted by Gasteiger charge is -2.47. The second-order valence-electron chi connectivity index (χ2n) is 12.7. The van der Waals surface area contributed by atoms with Gasteiger partial charge in [-0.25, -0.2) is 0 Å². The normalized spacial score (nSPS) is 18.6. The molecule has 1 unspecified atom stereocenters. The van der Waals surface area contributed by atoms with Gasteiger partial charge in [0.1, 0.15) is 4.87 Å². The zero-order valence-corrected chi connectivity index (χ0v) is 26.7. The molecular weight excluding hydrogens is 524 g/mol. The Morgan fingerprint density at radius 1 is 0.780 bits per heavy atom. The molecule has 4 rings (SSSR count). The van der Waals surface area contributed by atoms with Crippen molar-refractivity contribution < 1.29 is 4.92 Å². The summed E-state index contributed by atoms with van der Waals surface area (Å²) < 4.78 is 0. The van der Waals surface area contributed by atoms with Crippen LogP contribution < -0.4 is 4.90 Å². The molecule has 0 fully saturated rings. The lowest BCUT2D eigenvalue weighted by molar-refractivity contribution is -0.384. The van der Waals surface area contributed by atoms with Crippen LogP contribution in [0.15, 0.2) is 53.4 Å². The van der Waals surface area contributed by atoms with Crippen molar-refractivity contribution in [3.8, 4) is 0 Å². The quantitative estimate of drug-likeness (QED) is 0.101. The largest absolute Gasteiger partial charge is 0.352 e. The van der Waals surface area contributed by atoms with E-state index in [4.69, 9.17) is 0 Å². The second-order valence-corrected chi connectivity index (χ2v) is 14.0. The van der Waals surface area contributed by atoms with Crippen LogP contribution in [0.5, 0.6) is 0 Å². The summed E-state index contributed by atoms with van der Waals surface area (Å²) in [7, 11) is 0. The van der Waals surface area contributed by atoms with Crippen molar-refractivity contribution in [2.75, 3.05) is 11.4 Å². The molecule has 0 saturated carbocycles. The number of hydrogen-bond donors (Lipinski definition) is 0. The van der Waals surface area contributed by atoms with E-state index in [1.807, 2.05) is 17.8 Å². The van der Waals surface area contributed by atoms with Crippen LogP contribution in [-0.2, 0) is 5.41 Å². The highest BCUT2D eigenvalue weighted by Gasteiger charge is 2.56. The first-order valence-electron chi connectivity index (χ1n) is 16.4. The lowest BCUT2D eigenvalue weighted by atomic mass is 9.79. The highest BCUT2D eigenvalue weighted by Crippen LogP contribution is 2.61. The smallest absolute Gasteiger partial charge is 0.270 e. The number of benzene rings is 2. The summed E-state index contributed by atoms with van der Waals surface area (Å²) in [6.45, 7) is 8.02. The van der Waals surface area contributed by atoms with Gasteiger partial charge in [-0.2, -0.15) is 0 Å². The Morgan fingerprint density at radius 2 is 1.34 bits per heavy atom. The van der Waals surface area contributed by atoms with E-state index in [1.54, 1.807) is 12.1 Å². The standard InChI is InChI=1S/C36H52N2O2S/c1-4-5-6-7-8-9-10-11-12-13-14-15-16-17-18-21-28-37-33-23-20-19-22-32(33)35(2,3)36(37)27-26-30-29-31(38(39)40)24-25-34(30)41-36/h19-20,22-27,29H,4-18,21,28H2,1-3H3. The van der Waals surface area contributed by atoms with Gasteiger partial charge in [-0.3, -0.25) is 10.1 Å². The second kappa shape index (κ2) is 15.3. The first-order chi connectivity index (χ1) is 19.9. The van der Waals surface area contributed by atoms with Crippen molar-refractivity contribution in [2.24, 2.45) is 0 Å². The molecule has 0 aromatic heterocycles. The Morgan fingerprint density at radius 3 is 1.93 bits per heavy atom. The summed E-state index contributed by atoms with van der Waals surface area (Å²) in [5, 5.41) is 11.3. The first-order valence-corrected chi connectivity index (χ1v) is 17.3. The highest BCUT2D eigenvalue weighted by molar-refractivity contribution is 8.01. The van der Waals surface area contributed by atoms with E-state index in [2.05, 4.69) is 62.1 Å². The third-order valence-corrected chi connectivity index (χ3v) is 11.1.